The molecule has 1 fully saturated rings. The number of carbonyl (C=O) groups is 7. The van der Waals surface area contributed by atoms with E-state index in [-0.39, 0.29) is 83.4 Å². The number of aliphatic carboxylic acids is 3. The third-order valence-corrected chi connectivity index (χ3v) is 17.0. The SMILES string of the molecule is CCCOCCOCCCNC(=O)CCCCN1NNN=C1C(C)(C)CCCCOc1cc(-c2ccccc2)cc(-c2ccccc2)n1.COCCCNC(=O)[C@H](CS(O)(O)O)NC(=O)[C@H](CS(O)(O)O)NC(=O)CN1CCN(CC(=O)O)CCN(CC(=O)O)CCN(CC(=O)O)CC1. The second-order valence-corrected chi connectivity index (χ2v) is 27.6. The van der Waals surface area contributed by atoms with Crippen LogP contribution in [0.3, 0.4) is 0 Å². The fraction of sp³-hybridized carbons (Fsp3) is 0.609. The highest BCUT2D eigenvalue weighted by molar-refractivity contribution is 8.19. The second-order valence-electron chi connectivity index (χ2n) is 24.4. The molecule has 3 aromatic rings. The molecule has 33 nitrogen and oxygen atoms in total. The van der Waals surface area contributed by atoms with E-state index in [2.05, 4.69) is 93.6 Å². The number of hydrogen-bond acceptors (Lipinski definition) is 26. The summed E-state index contributed by atoms with van der Waals surface area (Å²) >= 11 is 0. The van der Waals surface area contributed by atoms with Crippen molar-refractivity contribution in [2.24, 2.45) is 10.5 Å². The molecule has 2 aliphatic rings. The van der Waals surface area contributed by atoms with Crippen LogP contribution in [0.2, 0.25) is 0 Å². The number of rotatable bonds is 43. The lowest BCUT2D eigenvalue weighted by Gasteiger charge is -2.33. The molecule has 0 spiro atoms. The summed E-state index contributed by atoms with van der Waals surface area (Å²) in [4.78, 5) is 96.7. The number of amides is 4. The van der Waals surface area contributed by atoms with Crippen molar-refractivity contribution in [2.75, 3.05) is 156 Å². The molecule has 0 unspecified atom stereocenters. The van der Waals surface area contributed by atoms with E-state index >= 15 is 0 Å². The number of unbranched alkanes of at least 4 members (excludes halogenated alkanes) is 2. The summed E-state index contributed by atoms with van der Waals surface area (Å²) in [6.45, 7) is 10.5. The second kappa shape index (κ2) is 45.8. The highest BCUT2D eigenvalue weighted by atomic mass is 32.3. The summed E-state index contributed by atoms with van der Waals surface area (Å²) < 4.78 is 79.8. The quantitative estimate of drug-likeness (QED) is 0.0358. The number of pyridine rings is 1. The summed E-state index contributed by atoms with van der Waals surface area (Å²) in [6, 6.07) is 21.0. The van der Waals surface area contributed by atoms with Crippen molar-refractivity contribution in [1.82, 2.24) is 61.9 Å². The lowest BCUT2D eigenvalue weighted by Crippen LogP contribution is -2.58. The Morgan fingerprint density at radius 1 is 0.566 bits per heavy atom. The predicted octanol–water partition coefficient (Wildman–Crippen LogP) is 3.78. The molecule has 4 amide bonds. The Morgan fingerprint density at radius 2 is 1.08 bits per heavy atom. The number of carbonyl (C=O) groups excluding carboxylic acids is 4. The molecule has 0 bridgehead atoms. The van der Waals surface area contributed by atoms with Crippen molar-refractivity contribution >= 4 is 69.1 Å². The number of nitrogens with one attached hydrogen (secondary N) is 6. The summed E-state index contributed by atoms with van der Waals surface area (Å²) in [5.74, 6) is -7.09. The van der Waals surface area contributed by atoms with Gasteiger partial charge in [0.1, 0.15) is 17.9 Å². The van der Waals surface area contributed by atoms with Crippen LogP contribution in [-0.2, 0) is 47.8 Å². The molecule has 1 saturated heterocycles. The number of methoxy groups -OCH3 is 1. The normalized spacial score (nSPS) is 15.7. The number of ether oxygens (including phenoxy) is 4. The molecule has 2 aliphatic heterocycles. The van der Waals surface area contributed by atoms with E-state index in [0.717, 1.165) is 86.3 Å². The molecule has 1 aromatic heterocycles. The maximum atomic E-state index is 13.2. The number of aromatic nitrogens is 1. The van der Waals surface area contributed by atoms with Gasteiger partial charge in [-0.25, -0.2) is 10.5 Å². The predicted molar refractivity (Wildman–Crippen MR) is 375 cm³/mol. The van der Waals surface area contributed by atoms with Gasteiger partial charge in [-0.05, 0) is 68.6 Å². The number of benzene rings is 2. The standard InChI is InChI=1S/C38H54N6O4.C26H51N7O16S2/c1-4-24-46-27-28-47-25-15-22-39-35(45)20-11-13-23-44-37(41-42-43-44)38(2,3)21-12-14-26-48-36-30-33(31-16-7-5-8-17-31)29-34(40-36)32-18-9-6-10-19-32;1-49-12-2-3-27-25(41)19(17-50(43,44)45)29-26(42)20(18-51(46,47)48)28-21(34)13-30-4-6-31(14-22(35)36)8-10-33(16-24(39)40)11-9-32(7-5-30)15-23(37)38/h5-10,16-19,29-30,42-43H,4,11-15,20-28H2,1-3H3,(H,39,45);19-20,43-48H,2-18H2,1H3,(H,27,41)(H,28,34)(H,29,42)(H,35,36)(H,37,38)(H,39,40)/t;19-,20-/m.0/s1. The van der Waals surface area contributed by atoms with Gasteiger partial charge in [0.25, 0.3) is 0 Å². The fourth-order valence-electron chi connectivity index (χ4n) is 10.4. The smallest absolute Gasteiger partial charge is 0.317 e. The molecule has 558 valence electrons. The zero-order valence-corrected chi connectivity index (χ0v) is 58.8. The van der Waals surface area contributed by atoms with Crippen molar-refractivity contribution in [3.63, 3.8) is 0 Å². The van der Waals surface area contributed by atoms with Crippen LogP contribution >= 0.6 is 21.7 Å². The highest BCUT2D eigenvalue weighted by Gasteiger charge is 2.35. The van der Waals surface area contributed by atoms with E-state index in [4.69, 9.17) is 23.9 Å². The van der Waals surface area contributed by atoms with Crippen LogP contribution in [0.25, 0.3) is 22.4 Å². The molecule has 0 radical (unpaired) electrons. The van der Waals surface area contributed by atoms with E-state index in [1.807, 2.05) is 42.5 Å². The first kappa shape index (κ1) is 84.5. The van der Waals surface area contributed by atoms with Crippen LogP contribution < -0.4 is 37.1 Å². The van der Waals surface area contributed by atoms with Crippen molar-refractivity contribution in [3.8, 4) is 28.3 Å². The monoisotopic (exact) mass is 1440 g/mol. The van der Waals surface area contributed by atoms with Gasteiger partial charge in [0, 0.05) is 122 Å². The van der Waals surface area contributed by atoms with Gasteiger partial charge in [-0.15, -0.1) is 10.6 Å². The van der Waals surface area contributed by atoms with Crippen molar-refractivity contribution in [2.45, 2.75) is 90.6 Å². The third-order valence-electron chi connectivity index (χ3n) is 15.4. The number of hydrazine groups is 2. The Balaban J connectivity index is 0.000000421. The maximum Gasteiger partial charge on any atom is 0.317 e. The molecule has 5 rings (SSSR count). The lowest BCUT2D eigenvalue weighted by molar-refractivity contribution is -0.140. The molecule has 0 saturated carbocycles. The number of nitrogens with zero attached hydrogens (tertiary/aromatic N) is 7. The van der Waals surface area contributed by atoms with Crippen LogP contribution in [0.5, 0.6) is 5.88 Å². The number of hydrogen-bond donors (Lipinski definition) is 15. The van der Waals surface area contributed by atoms with Gasteiger partial charge >= 0.3 is 17.9 Å². The van der Waals surface area contributed by atoms with Crippen molar-refractivity contribution in [1.29, 1.82) is 0 Å². The van der Waals surface area contributed by atoms with Crippen LogP contribution in [0, 0.1) is 5.41 Å². The fourth-order valence-corrected chi connectivity index (χ4v) is 11.8. The van der Waals surface area contributed by atoms with E-state index < -0.39 is 101 Å². The summed E-state index contributed by atoms with van der Waals surface area (Å²) in [5.41, 5.74) is 10.1. The van der Waals surface area contributed by atoms with Crippen LogP contribution in [0.4, 0.5) is 0 Å². The first-order chi connectivity index (χ1) is 47.1. The Bertz CT molecular complexity index is 2850. The molecule has 3 heterocycles. The minimum atomic E-state index is -4.45. The average molecular weight is 1440 g/mol. The van der Waals surface area contributed by atoms with Crippen LogP contribution in [-0.4, -0.2) is 288 Å². The highest BCUT2D eigenvalue weighted by Crippen LogP contribution is 2.35. The molecule has 0 aliphatic carbocycles. The Labute approximate surface area is 582 Å². The molecule has 2 aromatic carbocycles. The van der Waals surface area contributed by atoms with Crippen LogP contribution in [0.15, 0.2) is 77.9 Å². The van der Waals surface area contributed by atoms with Crippen molar-refractivity contribution in [3.05, 3.63) is 72.8 Å². The molecular formula is C64H105N13O20S2. The van der Waals surface area contributed by atoms with Gasteiger partial charge in [0.2, 0.25) is 29.5 Å². The zero-order chi connectivity index (χ0) is 72.6. The Morgan fingerprint density at radius 3 is 1.62 bits per heavy atom. The molecule has 35 heteroatoms. The van der Waals surface area contributed by atoms with Gasteiger partial charge in [-0.2, -0.15) is 0 Å². The minimum absolute atomic E-state index is 0.0330. The topological polar surface area (TPSA) is 452 Å². The van der Waals surface area contributed by atoms with Gasteiger partial charge in [0.05, 0.1) is 84.9 Å². The average Bonchev–Trinajstić information content (AvgIpc) is 1.73. The summed E-state index contributed by atoms with van der Waals surface area (Å²) in [7, 11) is -7.37. The molecule has 2 atom stereocenters. The number of carboxylic acids is 3. The van der Waals surface area contributed by atoms with Crippen LogP contribution in [0.1, 0.15) is 78.6 Å². The molecule has 99 heavy (non-hydrogen) atoms. The number of amidine groups is 1. The summed E-state index contributed by atoms with van der Waals surface area (Å²) in [6.07, 6.45) is 7.21. The largest absolute Gasteiger partial charge is 0.480 e. The first-order valence-electron chi connectivity index (χ1n) is 33.1. The maximum absolute atomic E-state index is 13.2. The Kier molecular flexibility index (Phi) is 39.1. The van der Waals surface area contributed by atoms with Gasteiger partial charge in [-0.3, -0.25) is 58.2 Å². The number of hydrazone groups is 1. The van der Waals surface area contributed by atoms with Gasteiger partial charge in [0.15, 0.2) is 0 Å². The molecular weight excluding hydrogens is 1330 g/mol. The van der Waals surface area contributed by atoms with E-state index in [1.54, 1.807) is 4.90 Å². The summed E-state index contributed by atoms with van der Waals surface area (Å²) in [5, 5.41) is 44.4. The number of carboxylic acid groups (broad SMARTS) is 3. The lowest BCUT2D eigenvalue weighted by atomic mass is 9.85. The van der Waals surface area contributed by atoms with Gasteiger partial charge < -0.3 is 82.9 Å². The van der Waals surface area contributed by atoms with E-state index in [1.165, 1.54) is 21.8 Å². The zero-order valence-electron chi connectivity index (χ0n) is 57.2. The molecule has 15 N–H and O–H groups in total. The van der Waals surface area contributed by atoms with E-state index in [0.29, 0.717) is 51.7 Å². The Hall–Kier alpha value is -6.91. The minimum Gasteiger partial charge on any atom is -0.480 e. The first-order valence-corrected chi connectivity index (χ1v) is 36.4. The van der Waals surface area contributed by atoms with Crippen molar-refractivity contribution < 1.29 is 95.1 Å². The van der Waals surface area contributed by atoms with E-state index in [9.17, 15) is 76.2 Å². The van der Waals surface area contributed by atoms with Gasteiger partial charge in [-0.1, -0.05) is 81.4 Å². The third kappa shape index (κ3) is 36.8.